The molecule has 2 heterocycles. The quantitative estimate of drug-likeness (QED) is 0.876. The van der Waals surface area contributed by atoms with E-state index in [1.807, 2.05) is 36.4 Å². The van der Waals surface area contributed by atoms with Gasteiger partial charge in [-0.1, -0.05) is 30.3 Å². The van der Waals surface area contributed by atoms with Crippen LogP contribution in [0, 0.1) is 0 Å². The van der Waals surface area contributed by atoms with E-state index >= 15 is 0 Å². The fourth-order valence-corrected chi connectivity index (χ4v) is 3.24. The van der Waals surface area contributed by atoms with Crippen molar-refractivity contribution in [2.45, 2.75) is 31.7 Å². The smallest absolute Gasteiger partial charge is 0.410 e. The minimum Gasteiger partial charge on any atom is -0.453 e. The summed E-state index contributed by atoms with van der Waals surface area (Å²) in [5.41, 5.74) is 1.89. The van der Waals surface area contributed by atoms with Gasteiger partial charge >= 0.3 is 6.09 Å². The van der Waals surface area contributed by atoms with E-state index in [4.69, 9.17) is 4.74 Å². The van der Waals surface area contributed by atoms with Crippen molar-refractivity contribution >= 4 is 12.0 Å². The monoisotopic (exact) mass is 368 g/mol. The lowest BCUT2D eigenvalue weighted by atomic mass is 10.0. The molecule has 1 aliphatic rings. The Kier molecular flexibility index (Phi) is 6.35. The highest BCUT2D eigenvalue weighted by Crippen LogP contribution is 2.18. The molecule has 0 spiro atoms. The highest BCUT2D eigenvalue weighted by Gasteiger charge is 2.32. The van der Waals surface area contributed by atoms with E-state index in [1.165, 1.54) is 12.0 Å². The summed E-state index contributed by atoms with van der Waals surface area (Å²) in [5.74, 6) is 0.518. The van der Waals surface area contributed by atoms with E-state index in [0.29, 0.717) is 31.8 Å². The zero-order chi connectivity index (χ0) is 19.1. The van der Waals surface area contributed by atoms with Gasteiger partial charge in [0.25, 0.3) is 0 Å². The number of rotatable bonds is 5. The van der Waals surface area contributed by atoms with Gasteiger partial charge in [0.15, 0.2) is 0 Å². The zero-order valence-electron chi connectivity index (χ0n) is 15.4. The molecule has 0 aliphatic carbocycles. The number of hydrogen-bond donors (Lipinski definition) is 1. The Morgan fingerprint density at radius 2 is 2.04 bits per heavy atom. The van der Waals surface area contributed by atoms with Crippen LogP contribution in [0.2, 0.25) is 0 Å². The standard InChI is InChI=1S/C20H24N4O3/c1-27-20(26)24-14-6-5-9-17(24)19(25)22-13-11-18-21-12-10-16(23-18)15-7-3-2-4-8-15/h2-4,7-8,10,12,17H,5-6,9,11,13-14H2,1H3,(H,22,25)/t17-/m1/s1. The van der Waals surface area contributed by atoms with Gasteiger partial charge in [-0.2, -0.15) is 0 Å². The van der Waals surface area contributed by atoms with Crippen LogP contribution in [-0.2, 0) is 16.0 Å². The molecule has 0 unspecified atom stereocenters. The molecule has 142 valence electrons. The minimum atomic E-state index is -0.470. The molecular weight excluding hydrogens is 344 g/mol. The molecule has 1 aromatic heterocycles. The Morgan fingerprint density at radius 1 is 1.22 bits per heavy atom. The lowest BCUT2D eigenvalue weighted by Crippen LogP contribution is -2.52. The third-order valence-electron chi connectivity index (χ3n) is 4.64. The number of carbonyl (C=O) groups excluding carboxylic acids is 2. The molecule has 1 N–H and O–H groups in total. The Labute approximate surface area is 158 Å². The molecule has 27 heavy (non-hydrogen) atoms. The molecule has 3 rings (SSSR count). The minimum absolute atomic E-state index is 0.153. The number of ether oxygens (including phenoxy) is 1. The second-order valence-electron chi connectivity index (χ2n) is 6.44. The van der Waals surface area contributed by atoms with Gasteiger partial charge < -0.3 is 10.1 Å². The molecule has 1 atom stereocenters. The van der Waals surface area contributed by atoms with E-state index in [0.717, 1.165) is 24.1 Å². The van der Waals surface area contributed by atoms with Gasteiger partial charge in [0.1, 0.15) is 11.9 Å². The van der Waals surface area contributed by atoms with E-state index in [9.17, 15) is 9.59 Å². The predicted octanol–water partition coefficient (Wildman–Crippen LogP) is 2.42. The van der Waals surface area contributed by atoms with Crippen LogP contribution in [-0.4, -0.2) is 53.1 Å². The number of amides is 2. The highest BCUT2D eigenvalue weighted by atomic mass is 16.5. The molecule has 7 nitrogen and oxygen atoms in total. The van der Waals surface area contributed by atoms with E-state index in [2.05, 4.69) is 15.3 Å². The molecule has 1 aliphatic heterocycles. The second kappa shape index (κ2) is 9.12. The molecule has 1 aromatic carbocycles. The molecular formula is C20H24N4O3. The van der Waals surface area contributed by atoms with Crippen LogP contribution in [0.4, 0.5) is 4.79 Å². The number of aromatic nitrogens is 2. The summed E-state index contributed by atoms with van der Waals surface area (Å²) >= 11 is 0. The Hall–Kier alpha value is -2.96. The summed E-state index contributed by atoms with van der Waals surface area (Å²) in [7, 11) is 1.34. The summed E-state index contributed by atoms with van der Waals surface area (Å²) in [6.45, 7) is 0.968. The number of benzene rings is 1. The van der Waals surface area contributed by atoms with Gasteiger partial charge in [-0.3, -0.25) is 9.69 Å². The lowest BCUT2D eigenvalue weighted by Gasteiger charge is -2.33. The van der Waals surface area contributed by atoms with Gasteiger partial charge in [-0.25, -0.2) is 14.8 Å². The van der Waals surface area contributed by atoms with Gasteiger partial charge in [0.05, 0.1) is 12.8 Å². The highest BCUT2D eigenvalue weighted by molar-refractivity contribution is 5.85. The molecule has 2 amide bonds. The van der Waals surface area contributed by atoms with E-state index < -0.39 is 12.1 Å². The number of likely N-dealkylation sites (tertiary alicyclic amines) is 1. The average Bonchev–Trinajstić information content (AvgIpc) is 2.74. The maximum absolute atomic E-state index is 12.5. The van der Waals surface area contributed by atoms with Gasteiger partial charge in [0, 0.05) is 31.3 Å². The maximum atomic E-state index is 12.5. The number of carbonyl (C=O) groups is 2. The summed E-state index contributed by atoms with van der Waals surface area (Å²) in [5, 5.41) is 2.90. The molecule has 1 fully saturated rings. The van der Waals surface area contributed by atoms with Gasteiger partial charge in [0.2, 0.25) is 5.91 Å². The van der Waals surface area contributed by atoms with Crippen LogP contribution >= 0.6 is 0 Å². The first-order chi connectivity index (χ1) is 13.2. The molecule has 7 heteroatoms. The fourth-order valence-electron chi connectivity index (χ4n) is 3.24. The first-order valence-corrected chi connectivity index (χ1v) is 9.18. The number of hydrogen-bond acceptors (Lipinski definition) is 5. The van der Waals surface area contributed by atoms with Gasteiger partial charge in [-0.05, 0) is 25.3 Å². The maximum Gasteiger partial charge on any atom is 0.410 e. The third-order valence-corrected chi connectivity index (χ3v) is 4.64. The topological polar surface area (TPSA) is 84.4 Å². The number of methoxy groups -OCH3 is 1. The zero-order valence-corrected chi connectivity index (χ0v) is 15.4. The summed E-state index contributed by atoms with van der Waals surface area (Å²) in [6, 6.07) is 11.3. The van der Waals surface area contributed by atoms with Gasteiger partial charge in [-0.15, -0.1) is 0 Å². The van der Waals surface area contributed by atoms with Crippen LogP contribution in [0.25, 0.3) is 11.3 Å². The lowest BCUT2D eigenvalue weighted by molar-refractivity contribution is -0.126. The number of nitrogens with one attached hydrogen (secondary N) is 1. The number of piperidine rings is 1. The van der Waals surface area contributed by atoms with Crippen LogP contribution in [0.3, 0.4) is 0 Å². The molecule has 0 saturated carbocycles. The largest absolute Gasteiger partial charge is 0.453 e. The first-order valence-electron chi connectivity index (χ1n) is 9.18. The van der Waals surface area contributed by atoms with Crippen molar-refractivity contribution in [1.82, 2.24) is 20.2 Å². The third kappa shape index (κ3) is 4.81. The van der Waals surface area contributed by atoms with E-state index in [-0.39, 0.29) is 5.91 Å². The predicted molar refractivity (Wildman–Crippen MR) is 101 cm³/mol. The summed E-state index contributed by atoms with van der Waals surface area (Å²) in [6.07, 6.45) is 4.27. The normalized spacial score (nSPS) is 16.6. The summed E-state index contributed by atoms with van der Waals surface area (Å²) < 4.78 is 4.79. The Balaban J connectivity index is 1.56. The molecule has 1 saturated heterocycles. The van der Waals surface area contributed by atoms with Crippen LogP contribution in [0.5, 0.6) is 0 Å². The van der Waals surface area contributed by atoms with Crippen molar-refractivity contribution in [2.75, 3.05) is 20.2 Å². The van der Waals surface area contributed by atoms with Crippen molar-refractivity contribution in [3.8, 4) is 11.3 Å². The fraction of sp³-hybridized carbons (Fsp3) is 0.400. The number of nitrogens with zero attached hydrogens (tertiary/aromatic N) is 3. The van der Waals surface area contributed by atoms with Crippen molar-refractivity contribution in [3.05, 3.63) is 48.4 Å². The molecule has 0 radical (unpaired) electrons. The molecule has 0 bridgehead atoms. The van der Waals surface area contributed by atoms with E-state index in [1.54, 1.807) is 6.20 Å². The van der Waals surface area contributed by atoms with Crippen molar-refractivity contribution in [3.63, 3.8) is 0 Å². The van der Waals surface area contributed by atoms with Crippen molar-refractivity contribution < 1.29 is 14.3 Å². The Bertz CT molecular complexity index is 782. The summed E-state index contributed by atoms with van der Waals surface area (Å²) in [4.78, 5) is 34.7. The van der Waals surface area contributed by atoms with Crippen LogP contribution in [0.15, 0.2) is 42.6 Å². The average molecular weight is 368 g/mol. The van der Waals surface area contributed by atoms with Crippen LogP contribution < -0.4 is 5.32 Å². The SMILES string of the molecule is COC(=O)N1CCCC[C@@H]1C(=O)NCCc1nccc(-c2ccccc2)n1. The Morgan fingerprint density at radius 3 is 2.81 bits per heavy atom. The second-order valence-corrected chi connectivity index (χ2v) is 6.44. The van der Waals surface area contributed by atoms with Crippen LogP contribution in [0.1, 0.15) is 25.1 Å². The first kappa shape index (κ1) is 18.8. The van der Waals surface area contributed by atoms with Crippen molar-refractivity contribution in [1.29, 1.82) is 0 Å². The molecule has 2 aromatic rings. The van der Waals surface area contributed by atoms with Crippen molar-refractivity contribution in [2.24, 2.45) is 0 Å².